The first-order valence-corrected chi connectivity index (χ1v) is 4.53. The second-order valence-electron chi connectivity index (χ2n) is 3.04. The third-order valence-corrected chi connectivity index (χ3v) is 1.60. The van der Waals surface area contributed by atoms with Crippen LogP contribution in [0, 0.1) is 0 Å². The molecule has 1 aromatic rings. The van der Waals surface area contributed by atoms with Gasteiger partial charge in [0.15, 0.2) is 0 Å². The van der Waals surface area contributed by atoms with Gasteiger partial charge in [-0.3, -0.25) is 4.79 Å². The summed E-state index contributed by atoms with van der Waals surface area (Å²) in [6.45, 7) is 3.56. The Hall–Kier alpha value is -1.51. The van der Waals surface area contributed by atoms with E-state index in [9.17, 15) is 4.79 Å². The van der Waals surface area contributed by atoms with Gasteiger partial charge in [-0.25, -0.2) is 0 Å². The maximum atomic E-state index is 10.6. The Morgan fingerprint density at radius 1 is 1.36 bits per heavy atom. The van der Waals surface area contributed by atoms with Gasteiger partial charge in [0.25, 0.3) is 0 Å². The maximum absolute atomic E-state index is 10.6. The fourth-order valence-electron chi connectivity index (χ4n) is 1.05. The van der Waals surface area contributed by atoms with Gasteiger partial charge >= 0.3 is 5.97 Å². The van der Waals surface area contributed by atoms with Crippen molar-refractivity contribution in [2.24, 2.45) is 0 Å². The molecule has 3 nitrogen and oxygen atoms in total. The lowest BCUT2D eigenvalue weighted by Gasteiger charge is -2.12. The molecule has 0 radical (unpaired) electrons. The summed E-state index contributed by atoms with van der Waals surface area (Å²) in [4.78, 5) is 10.6. The first-order chi connectivity index (χ1) is 6.68. The van der Waals surface area contributed by atoms with Crippen LogP contribution in [-0.2, 0) is 9.53 Å². The van der Waals surface area contributed by atoms with E-state index in [1.807, 2.05) is 30.3 Å². The van der Waals surface area contributed by atoms with E-state index in [2.05, 4.69) is 0 Å². The molecule has 0 bridgehead atoms. The van der Waals surface area contributed by atoms with Gasteiger partial charge in [0.05, 0.1) is 0 Å². The molecule has 0 aliphatic heterocycles. The molecule has 1 atom stereocenters. The summed E-state index contributed by atoms with van der Waals surface area (Å²) in [6, 6.07) is 9.43. The molecule has 0 saturated carbocycles. The van der Waals surface area contributed by atoms with Crippen molar-refractivity contribution in [2.75, 3.05) is 6.61 Å². The van der Waals surface area contributed by atoms with E-state index in [1.54, 1.807) is 6.92 Å². The van der Waals surface area contributed by atoms with Crippen LogP contribution in [0.4, 0.5) is 0 Å². The monoisotopic (exact) mass is 194 g/mol. The molecular formula is C11H14O3. The first-order valence-electron chi connectivity index (χ1n) is 4.53. The molecule has 0 fully saturated rings. The number of hydrogen-bond donors (Lipinski definition) is 0. The molecule has 0 aliphatic carbocycles. The van der Waals surface area contributed by atoms with Crippen LogP contribution >= 0.6 is 0 Å². The normalized spacial score (nSPS) is 11.9. The summed E-state index contributed by atoms with van der Waals surface area (Å²) in [5, 5.41) is 0. The SMILES string of the molecule is CC(=O)O[C@@H](C)COc1ccccc1. The second-order valence-corrected chi connectivity index (χ2v) is 3.04. The van der Waals surface area contributed by atoms with E-state index in [0.29, 0.717) is 6.61 Å². The molecule has 0 N–H and O–H groups in total. The van der Waals surface area contributed by atoms with Gasteiger partial charge in [-0.05, 0) is 19.1 Å². The Labute approximate surface area is 83.6 Å². The molecule has 0 amide bonds. The van der Waals surface area contributed by atoms with Crippen molar-refractivity contribution in [1.29, 1.82) is 0 Å². The van der Waals surface area contributed by atoms with Gasteiger partial charge in [0.2, 0.25) is 0 Å². The summed E-state index contributed by atoms with van der Waals surface area (Å²) in [6.07, 6.45) is -0.215. The van der Waals surface area contributed by atoms with Crippen molar-refractivity contribution in [3.8, 4) is 5.75 Å². The topological polar surface area (TPSA) is 35.5 Å². The molecule has 0 aliphatic rings. The number of rotatable bonds is 4. The maximum Gasteiger partial charge on any atom is 0.303 e. The second kappa shape index (κ2) is 5.27. The predicted octanol–water partition coefficient (Wildman–Crippen LogP) is 2.02. The van der Waals surface area contributed by atoms with Crippen molar-refractivity contribution in [2.45, 2.75) is 20.0 Å². The molecule has 76 valence electrons. The molecule has 0 unspecified atom stereocenters. The number of hydrogen-bond acceptors (Lipinski definition) is 3. The number of esters is 1. The summed E-state index contributed by atoms with van der Waals surface area (Å²) < 4.78 is 10.3. The molecule has 14 heavy (non-hydrogen) atoms. The Bertz CT molecular complexity index is 282. The van der Waals surface area contributed by atoms with Gasteiger partial charge in [-0.15, -0.1) is 0 Å². The average molecular weight is 194 g/mol. The smallest absolute Gasteiger partial charge is 0.303 e. The highest BCUT2D eigenvalue weighted by Crippen LogP contribution is 2.08. The van der Waals surface area contributed by atoms with Crippen LogP contribution in [0.15, 0.2) is 30.3 Å². The van der Waals surface area contributed by atoms with Gasteiger partial charge in [0, 0.05) is 6.92 Å². The van der Waals surface area contributed by atoms with Crippen LogP contribution < -0.4 is 4.74 Å². The van der Waals surface area contributed by atoms with Crippen molar-refractivity contribution in [3.63, 3.8) is 0 Å². The number of carbonyl (C=O) groups excluding carboxylic acids is 1. The zero-order chi connectivity index (χ0) is 10.4. The van der Waals surface area contributed by atoms with E-state index in [4.69, 9.17) is 9.47 Å². The predicted molar refractivity (Wildman–Crippen MR) is 53.2 cm³/mol. The zero-order valence-electron chi connectivity index (χ0n) is 8.40. The quantitative estimate of drug-likeness (QED) is 0.688. The zero-order valence-corrected chi connectivity index (χ0v) is 8.40. The summed E-state index contributed by atoms with van der Waals surface area (Å²) in [5.41, 5.74) is 0. The highest BCUT2D eigenvalue weighted by Gasteiger charge is 2.05. The van der Waals surface area contributed by atoms with Crippen molar-refractivity contribution >= 4 is 5.97 Å². The largest absolute Gasteiger partial charge is 0.490 e. The van der Waals surface area contributed by atoms with Crippen LogP contribution in [-0.4, -0.2) is 18.7 Å². The van der Waals surface area contributed by atoms with Crippen LogP contribution in [0.25, 0.3) is 0 Å². The third-order valence-electron chi connectivity index (χ3n) is 1.60. The summed E-state index contributed by atoms with van der Waals surface area (Å²) in [7, 11) is 0. The minimum atomic E-state index is -0.283. The highest BCUT2D eigenvalue weighted by molar-refractivity contribution is 5.66. The molecule has 1 rings (SSSR count). The van der Waals surface area contributed by atoms with E-state index >= 15 is 0 Å². The van der Waals surface area contributed by atoms with Crippen LogP contribution in [0.3, 0.4) is 0 Å². The minimum absolute atomic E-state index is 0.215. The van der Waals surface area contributed by atoms with Crippen molar-refractivity contribution < 1.29 is 14.3 Å². The van der Waals surface area contributed by atoms with E-state index in [1.165, 1.54) is 6.92 Å². The van der Waals surface area contributed by atoms with E-state index < -0.39 is 0 Å². The van der Waals surface area contributed by atoms with Crippen LogP contribution in [0.5, 0.6) is 5.75 Å². The molecular weight excluding hydrogens is 180 g/mol. The van der Waals surface area contributed by atoms with Crippen LogP contribution in [0.2, 0.25) is 0 Å². The van der Waals surface area contributed by atoms with Crippen molar-refractivity contribution in [3.05, 3.63) is 30.3 Å². The number of ether oxygens (including phenoxy) is 2. The highest BCUT2D eigenvalue weighted by atomic mass is 16.6. The molecule has 0 heterocycles. The third kappa shape index (κ3) is 3.94. The molecule has 1 aromatic carbocycles. The Morgan fingerprint density at radius 2 is 2.00 bits per heavy atom. The summed E-state index contributed by atoms with van der Waals surface area (Å²) in [5.74, 6) is 0.501. The lowest BCUT2D eigenvalue weighted by Crippen LogP contribution is -2.20. The summed E-state index contributed by atoms with van der Waals surface area (Å²) >= 11 is 0. The fourth-order valence-corrected chi connectivity index (χ4v) is 1.05. The molecule has 0 spiro atoms. The fraction of sp³-hybridized carbons (Fsp3) is 0.364. The molecule has 0 saturated heterocycles. The first kappa shape index (κ1) is 10.6. The number of benzene rings is 1. The van der Waals surface area contributed by atoms with Gasteiger partial charge in [-0.1, -0.05) is 18.2 Å². The Balaban J connectivity index is 2.30. The lowest BCUT2D eigenvalue weighted by molar-refractivity contribution is -0.146. The number of para-hydroxylation sites is 1. The van der Waals surface area contributed by atoms with Gasteiger partial charge < -0.3 is 9.47 Å². The van der Waals surface area contributed by atoms with E-state index in [0.717, 1.165) is 5.75 Å². The molecule has 0 aromatic heterocycles. The Morgan fingerprint density at radius 3 is 2.57 bits per heavy atom. The number of carbonyl (C=O) groups is 1. The standard InChI is InChI=1S/C11H14O3/c1-9(14-10(2)12)8-13-11-6-4-3-5-7-11/h3-7,9H,8H2,1-2H3/t9-/m0/s1. The Kier molecular flexibility index (Phi) is 3.98. The van der Waals surface area contributed by atoms with Crippen LogP contribution in [0.1, 0.15) is 13.8 Å². The van der Waals surface area contributed by atoms with Gasteiger partial charge in [-0.2, -0.15) is 0 Å². The van der Waals surface area contributed by atoms with Crippen molar-refractivity contribution in [1.82, 2.24) is 0 Å². The van der Waals surface area contributed by atoms with E-state index in [-0.39, 0.29) is 12.1 Å². The lowest BCUT2D eigenvalue weighted by atomic mass is 10.3. The molecule has 3 heteroatoms. The van der Waals surface area contributed by atoms with Gasteiger partial charge in [0.1, 0.15) is 18.5 Å². The minimum Gasteiger partial charge on any atom is -0.490 e. The average Bonchev–Trinajstić information content (AvgIpc) is 2.15.